The second-order valence-corrected chi connectivity index (χ2v) is 14.7. The number of ether oxygens (including phenoxy) is 2. The minimum absolute atomic E-state index is 0.0674. The molecular weight excluding hydrogens is 637 g/mol. The number of unbranched alkanes of at least 4 members (excludes halogenated alkanes) is 8. The second-order valence-electron chi connectivity index (χ2n) is 13.2. The molecule has 0 saturated heterocycles. The molecule has 2 unspecified atom stereocenters. The van der Waals surface area contributed by atoms with Crippen LogP contribution in [-0.2, 0) is 27.9 Å². The highest BCUT2D eigenvalue weighted by molar-refractivity contribution is 7.47. The number of quaternary nitrogens is 1. The number of phosphoric ester groups is 1. The van der Waals surface area contributed by atoms with Gasteiger partial charge in [0.25, 0.3) is 0 Å². The molecule has 0 amide bonds. The summed E-state index contributed by atoms with van der Waals surface area (Å²) in [5.74, 6) is -0.447. The summed E-state index contributed by atoms with van der Waals surface area (Å²) >= 11 is 0. The van der Waals surface area contributed by atoms with Crippen molar-refractivity contribution in [1.82, 2.24) is 0 Å². The second kappa shape index (κ2) is 33.1. The van der Waals surface area contributed by atoms with Gasteiger partial charge in [-0.05, 0) is 57.8 Å². The van der Waals surface area contributed by atoms with Gasteiger partial charge in [-0.15, -0.1) is 0 Å². The number of carbonyl (C=O) groups is 1. The van der Waals surface area contributed by atoms with E-state index in [-0.39, 0.29) is 26.2 Å². The van der Waals surface area contributed by atoms with Crippen molar-refractivity contribution in [3.63, 3.8) is 0 Å². The number of carbonyl (C=O) groups excluding carboxylic acids is 1. The molecule has 8 nitrogen and oxygen atoms in total. The van der Waals surface area contributed by atoms with Crippen molar-refractivity contribution < 1.29 is 37.3 Å². The van der Waals surface area contributed by atoms with Crippen LogP contribution in [0.5, 0.6) is 0 Å². The van der Waals surface area contributed by atoms with Gasteiger partial charge in [0.1, 0.15) is 19.3 Å². The largest absolute Gasteiger partial charge is 0.472 e. The lowest BCUT2D eigenvalue weighted by atomic mass is 10.1. The fourth-order valence-electron chi connectivity index (χ4n) is 4.37. The summed E-state index contributed by atoms with van der Waals surface area (Å²) in [7, 11) is 1.59. The zero-order chi connectivity index (χ0) is 36.3. The van der Waals surface area contributed by atoms with Gasteiger partial charge in [-0.3, -0.25) is 13.8 Å². The fraction of sp³-hybridized carbons (Fsp3) is 0.675. The maximum Gasteiger partial charge on any atom is 0.472 e. The summed E-state index contributed by atoms with van der Waals surface area (Å²) in [5.41, 5.74) is 0. The summed E-state index contributed by atoms with van der Waals surface area (Å²) in [6.45, 7) is 5.28. The minimum atomic E-state index is -4.30. The predicted molar refractivity (Wildman–Crippen MR) is 205 cm³/mol. The first kappa shape index (κ1) is 46.9. The third kappa shape index (κ3) is 37.0. The molecule has 0 radical (unpaired) electrons. The van der Waals surface area contributed by atoms with E-state index < -0.39 is 19.9 Å². The van der Waals surface area contributed by atoms with Crippen molar-refractivity contribution in [3.8, 4) is 0 Å². The monoisotopic (exact) mass is 708 g/mol. The van der Waals surface area contributed by atoms with Crippen LogP contribution in [-0.4, -0.2) is 75.6 Å². The molecule has 0 fully saturated rings. The molecule has 0 aromatic rings. The standard InChI is InChI=1S/C40H70NO7P/c1-6-8-10-12-14-16-18-20-21-22-23-25-27-29-31-33-40(42)48-39(38-47-49(43,44)46-36-34-41(3,4)5)37-45-35-32-30-28-26-24-19-17-15-13-11-9-7-2/h8,10,13-16,20-21,23,25,29,31,39H,6-7,9,11-12,17-19,22,24,26-28,30,32-38H2,1-5H3/p+1/b10-8-,15-13-,16-14-,21-20-,25-23-,31-29-. The topological polar surface area (TPSA) is 91.3 Å². The van der Waals surface area contributed by atoms with Gasteiger partial charge in [0.15, 0.2) is 0 Å². The van der Waals surface area contributed by atoms with Crippen LogP contribution in [0.2, 0.25) is 0 Å². The van der Waals surface area contributed by atoms with Crippen molar-refractivity contribution in [1.29, 1.82) is 0 Å². The van der Waals surface area contributed by atoms with Crippen molar-refractivity contribution >= 4 is 13.8 Å². The van der Waals surface area contributed by atoms with E-state index in [0.29, 0.717) is 17.6 Å². The lowest BCUT2D eigenvalue weighted by molar-refractivity contribution is -0.870. The molecular formula is C40H71NO7P+. The van der Waals surface area contributed by atoms with E-state index in [1.165, 1.54) is 38.5 Å². The summed E-state index contributed by atoms with van der Waals surface area (Å²) in [6.07, 6.45) is 41.0. The van der Waals surface area contributed by atoms with Crippen molar-refractivity contribution in [3.05, 3.63) is 72.9 Å². The number of hydrogen-bond donors (Lipinski definition) is 1. The lowest BCUT2D eigenvalue weighted by Crippen LogP contribution is -2.37. The average molecular weight is 709 g/mol. The maximum absolute atomic E-state index is 12.6. The van der Waals surface area contributed by atoms with Gasteiger partial charge in [0, 0.05) is 6.61 Å². The predicted octanol–water partition coefficient (Wildman–Crippen LogP) is 10.4. The Morgan fingerprint density at radius 2 is 1.18 bits per heavy atom. The van der Waals surface area contributed by atoms with E-state index in [0.717, 1.165) is 57.8 Å². The van der Waals surface area contributed by atoms with Gasteiger partial charge in [-0.25, -0.2) is 4.57 Å². The molecule has 9 heteroatoms. The number of hydrogen-bond acceptors (Lipinski definition) is 6. The van der Waals surface area contributed by atoms with Crippen molar-refractivity contribution in [2.45, 2.75) is 123 Å². The van der Waals surface area contributed by atoms with E-state index in [4.69, 9.17) is 18.5 Å². The first-order valence-corrected chi connectivity index (χ1v) is 20.2. The van der Waals surface area contributed by atoms with Crippen LogP contribution in [0, 0.1) is 0 Å². The van der Waals surface area contributed by atoms with E-state index >= 15 is 0 Å². The Morgan fingerprint density at radius 1 is 0.653 bits per heavy atom. The van der Waals surface area contributed by atoms with Crippen LogP contribution in [0.1, 0.15) is 117 Å². The van der Waals surface area contributed by atoms with E-state index in [1.54, 1.807) is 6.08 Å². The number of allylic oxidation sites excluding steroid dienone is 11. The van der Waals surface area contributed by atoms with Crippen LogP contribution in [0.15, 0.2) is 72.9 Å². The van der Waals surface area contributed by atoms with Crippen molar-refractivity contribution in [2.24, 2.45) is 0 Å². The summed E-state index contributed by atoms with van der Waals surface area (Å²) in [4.78, 5) is 22.7. The highest BCUT2D eigenvalue weighted by Gasteiger charge is 2.26. The molecule has 0 aromatic carbocycles. The Labute approximate surface area is 300 Å². The molecule has 49 heavy (non-hydrogen) atoms. The zero-order valence-corrected chi connectivity index (χ0v) is 32.5. The molecule has 0 aliphatic carbocycles. The quantitative estimate of drug-likeness (QED) is 0.0239. The smallest absolute Gasteiger partial charge is 0.457 e. The SMILES string of the molecule is CC/C=C\C/C=C\C/C=C\C/C=C\C/C=C\CC(=O)OC(COCCCCCCCC/C=C\CCCC)COP(=O)(O)OCC[N+](C)(C)C. The highest BCUT2D eigenvalue weighted by Crippen LogP contribution is 2.43. The first-order valence-electron chi connectivity index (χ1n) is 18.7. The molecule has 0 spiro atoms. The number of esters is 1. The molecule has 282 valence electrons. The Kier molecular flexibility index (Phi) is 31.7. The number of rotatable bonds is 33. The summed E-state index contributed by atoms with van der Waals surface area (Å²) in [5, 5.41) is 0. The van der Waals surface area contributed by atoms with E-state index in [9.17, 15) is 14.3 Å². The maximum atomic E-state index is 12.6. The van der Waals surface area contributed by atoms with Gasteiger partial charge in [0.05, 0.1) is 40.8 Å². The molecule has 0 bridgehead atoms. The van der Waals surface area contributed by atoms with E-state index in [2.05, 4.69) is 74.6 Å². The van der Waals surface area contributed by atoms with Gasteiger partial charge in [0.2, 0.25) is 0 Å². The minimum Gasteiger partial charge on any atom is -0.457 e. The molecule has 2 atom stereocenters. The van der Waals surface area contributed by atoms with Gasteiger partial charge in [-0.2, -0.15) is 0 Å². The highest BCUT2D eigenvalue weighted by atomic mass is 31.2. The van der Waals surface area contributed by atoms with Gasteiger partial charge < -0.3 is 18.9 Å². The zero-order valence-electron chi connectivity index (χ0n) is 31.6. The van der Waals surface area contributed by atoms with Crippen molar-refractivity contribution in [2.75, 3.05) is 54.1 Å². The molecule has 0 rings (SSSR count). The lowest BCUT2D eigenvalue weighted by Gasteiger charge is -2.24. The number of phosphoric acid groups is 1. The molecule has 0 heterocycles. The first-order chi connectivity index (χ1) is 23.6. The molecule has 0 aliphatic heterocycles. The van der Waals surface area contributed by atoms with Crippen LogP contribution in [0.3, 0.4) is 0 Å². The third-order valence-corrected chi connectivity index (χ3v) is 8.27. The van der Waals surface area contributed by atoms with Gasteiger partial charge in [-0.1, -0.05) is 125 Å². The molecule has 1 N–H and O–H groups in total. The number of likely N-dealkylation sites (N-methyl/N-ethyl adjacent to an activating group) is 1. The van der Waals surface area contributed by atoms with Crippen LogP contribution in [0.25, 0.3) is 0 Å². The normalized spacial score (nSPS) is 14.8. The summed E-state index contributed by atoms with van der Waals surface area (Å²) in [6, 6.07) is 0. The fourth-order valence-corrected chi connectivity index (χ4v) is 5.11. The third-order valence-electron chi connectivity index (χ3n) is 7.28. The van der Waals surface area contributed by atoms with Crippen LogP contribution >= 0.6 is 7.82 Å². The molecule has 0 aliphatic rings. The summed E-state index contributed by atoms with van der Waals surface area (Å²) < 4.78 is 34.6. The average Bonchev–Trinajstić information content (AvgIpc) is 3.04. The van der Waals surface area contributed by atoms with Crippen LogP contribution < -0.4 is 0 Å². The number of nitrogens with zero attached hydrogens (tertiary/aromatic N) is 1. The Balaban J connectivity index is 4.50. The van der Waals surface area contributed by atoms with E-state index in [1.807, 2.05) is 27.2 Å². The Hall–Kier alpha value is -2.06. The molecule has 0 aromatic heterocycles. The Morgan fingerprint density at radius 3 is 1.76 bits per heavy atom. The Bertz CT molecular complexity index is 1010. The van der Waals surface area contributed by atoms with Crippen LogP contribution in [0.4, 0.5) is 0 Å². The van der Waals surface area contributed by atoms with Gasteiger partial charge >= 0.3 is 13.8 Å². The molecule has 0 saturated carbocycles.